The molecule has 158 valence electrons. The van der Waals surface area contributed by atoms with Gasteiger partial charge in [-0.15, -0.1) is 0 Å². The van der Waals surface area contributed by atoms with Crippen LogP contribution in [0.2, 0.25) is 0 Å². The van der Waals surface area contributed by atoms with Gasteiger partial charge in [0.15, 0.2) is 0 Å². The van der Waals surface area contributed by atoms with Gasteiger partial charge in [0.25, 0.3) is 5.91 Å². The summed E-state index contributed by atoms with van der Waals surface area (Å²) in [7, 11) is 1.55. The molecule has 0 aromatic heterocycles. The van der Waals surface area contributed by atoms with Crippen LogP contribution in [0.15, 0.2) is 48.5 Å². The molecule has 0 bridgehead atoms. The summed E-state index contributed by atoms with van der Waals surface area (Å²) in [6, 6.07) is 10.9. The number of carbonyl (C=O) groups is 3. The zero-order valence-corrected chi connectivity index (χ0v) is 16.6. The Labute approximate surface area is 173 Å². The first kappa shape index (κ1) is 21.4. The maximum absolute atomic E-state index is 13.2. The number of anilines is 1. The van der Waals surface area contributed by atoms with E-state index in [0.29, 0.717) is 37.2 Å². The molecule has 1 N–H and O–H groups in total. The molecule has 3 amide bonds. The molecule has 30 heavy (non-hydrogen) atoms. The molecule has 1 saturated heterocycles. The number of nitrogens with zero attached hydrogens (tertiary/aromatic N) is 2. The summed E-state index contributed by atoms with van der Waals surface area (Å²) in [6.45, 7) is 0.677. The van der Waals surface area contributed by atoms with Gasteiger partial charge in [-0.3, -0.25) is 14.4 Å². The van der Waals surface area contributed by atoms with Crippen molar-refractivity contribution in [1.82, 2.24) is 9.80 Å². The number of amides is 3. The highest BCUT2D eigenvalue weighted by Crippen LogP contribution is 2.21. The average Bonchev–Trinajstić information content (AvgIpc) is 2.73. The Kier molecular flexibility index (Phi) is 6.76. The van der Waals surface area contributed by atoms with Gasteiger partial charge in [0, 0.05) is 37.3 Å². The van der Waals surface area contributed by atoms with Crippen molar-refractivity contribution in [2.24, 2.45) is 5.92 Å². The molecular formula is C22H23F2N3O3. The average molecular weight is 415 g/mol. The third-order valence-electron chi connectivity index (χ3n) is 5.09. The third-order valence-corrected chi connectivity index (χ3v) is 5.09. The zero-order chi connectivity index (χ0) is 21.7. The van der Waals surface area contributed by atoms with Crippen LogP contribution in [0.25, 0.3) is 0 Å². The van der Waals surface area contributed by atoms with Gasteiger partial charge >= 0.3 is 0 Å². The normalized spacial score (nSPS) is 14.3. The second kappa shape index (κ2) is 9.47. The van der Waals surface area contributed by atoms with Crippen molar-refractivity contribution in [2.75, 3.05) is 32.0 Å². The standard InChI is InChI=1S/C22H23F2N3O3/c1-26(14-20(28)25-19-4-2-3-18(24)13-19)21(29)16-9-11-27(12-10-16)22(30)15-5-7-17(23)8-6-15/h2-8,13,16H,9-12,14H2,1H3,(H,25,28). The van der Waals surface area contributed by atoms with Crippen molar-refractivity contribution >= 4 is 23.4 Å². The highest BCUT2D eigenvalue weighted by Gasteiger charge is 2.30. The van der Waals surface area contributed by atoms with Crippen molar-refractivity contribution in [3.05, 3.63) is 65.7 Å². The topological polar surface area (TPSA) is 69.7 Å². The Morgan fingerprint density at radius 3 is 2.33 bits per heavy atom. The molecule has 8 heteroatoms. The fraction of sp³-hybridized carbons (Fsp3) is 0.318. The van der Waals surface area contributed by atoms with Gasteiger partial charge < -0.3 is 15.1 Å². The van der Waals surface area contributed by atoms with E-state index in [1.807, 2.05) is 0 Å². The van der Waals surface area contributed by atoms with Gasteiger partial charge in [-0.05, 0) is 55.3 Å². The maximum atomic E-state index is 13.2. The van der Waals surface area contributed by atoms with Crippen molar-refractivity contribution < 1.29 is 23.2 Å². The number of rotatable bonds is 5. The SMILES string of the molecule is CN(CC(=O)Nc1cccc(F)c1)C(=O)C1CCN(C(=O)c2ccc(F)cc2)CC1. The zero-order valence-electron chi connectivity index (χ0n) is 16.6. The van der Waals surface area contributed by atoms with Gasteiger partial charge in [0.2, 0.25) is 11.8 Å². The van der Waals surface area contributed by atoms with E-state index in [0.717, 1.165) is 0 Å². The first-order valence-electron chi connectivity index (χ1n) is 9.68. The second-order valence-electron chi connectivity index (χ2n) is 7.33. The van der Waals surface area contributed by atoms with E-state index in [4.69, 9.17) is 0 Å². The van der Waals surface area contributed by atoms with Crippen LogP contribution in [-0.2, 0) is 9.59 Å². The van der Waals surface area contributed by atoms with Crippen LogP contribution in [0.5, 0.6) is 0 Å². The third kappa shape index (κ3) is 5.40. The number of halogens is 2. The molecule has 0 spiro atoms. The Bertz CT molecular complexity index is 925. The number of likely N-dealkylation sites (tertiary alicyclic amines) is 1. The summed E-state index contributed by atoms with van der Waals surface area (Å²) in [5.41, 5.74) is 0.737. The molecule has 0 unspecified atom stereocenters. The molecule has 2 aromatic rings. The molecule has 1 heterocycles. The van der Waals surface area contributed by atoms with E-state index in [1.54, 1.807) is 18.0 Å². The van der Waals surface area contributed by atoms with Gasteiger partial charge in [0.05, 0.1) is 6.54 Å². The van der Waals surface area contributed by atoms with Gasteiger partial charge in [-0.1, -0.05) is 6.07 Å². The number of likely N-dealkylation sites (N-methyl/N-ethyl adjacent to an activating group) is 1. The van der Waals surface area contributed by atoms with Crippen molar-refractivity contribution in [1.29, 1.82) is 0 Å². The molecular weight excluding hydrogens is 392 g/mol. The Balaban J connectivity index is 1.48. The van der Waals surface area contributed by atoms with Gasteiger partial charge in [-0.25, -0.2) is 8.78 Å². The van der Waals surface area contributed by atoms with Crippen LogP contribution in [-0.4, -0.2) is 54.2 Å². The fourth-order valence-electron chi connectivity index (χ4n) is 3.48. The highest BCUT2D eigenvalue weighted by atomic mass is 19.1. The summed E-state index contributed by atoms with van der Waals surface area (Å²) in [6.07, 6.45) is 0.975. The van der Waals surface area contributed by atoms with Crippen LogP contribution >= 0.6 is 0 Å². The minimum atomic E-state index is -0.459. The molecule has 0 aliphatic carbocycles. The smallest absolute Gasteiger partial charge is 0.253 e. The van der Waals surface area contributed by atoms with E-state index in [9.17, 15) is 23.2 Å². The summed E-state index contributed by atoms with van der Waals surface area (Å²) >= 11 is 0. The van der Waals surface area contributed by atoms with E-state index < -0.39 is 17.5 Å². The molecule has 0 saturated carbocycles. The molecule has 1 aliphatic rings. The number of piperidine rings is 1. The first-order chi connectivity index (χ1) is 14.3. The van der Waals surface area contributed by atoms with Crippen molar-refractivity contribution in [3.63, 3.8) is 0 Å². The van der Waals surface area contributed by atoms with E-state index >= 15 is 0 Å². The summed E-state index contributed by atoms with van der Waals surface area (Å²) in [5, 5.41) is 2.56. The lowest BCUT2D eigenvalue weighted by Crippen LogP contribution is -2.45. The van der Waals surface area contributed by atoms with E-state index in [2.05, 4.69) is 5.32 Å². The lowest BCUT2D eigenvalue weighted by molar-refractivity contribution is -0.138. The molecule has 6 nitrogen and oxygen atoms in total. The first-order valence-corrected chi connectivity index (χ1v) is 9.68. The number of benzene rings is 2. The predicted octanol–water partition coefficient (Wildman–Crippen LogP) is 2.91. The molecule has 3 rings (SSSR count). The quantitative estimate of drug-likeness (QED) is 0.817. The predicted molar refractivity (Wildman–Crippen MR) is 108 cm³/mol. The molecule has 1 fully saturated rings. The van der Waals surface area contributed by atoms with E-state index in [1.165, 1.54) is 47.4 Å². The minimum Gasteiger partial charge on any atom is -0.339 e. The number of hydrogen-bond donors (Lipinski definition) is 1. The lowest BCUT2D eigenvalue weighted by Gasteiger charge is -2.33. The fourth-order valence-corrected chi connectivity index (χ4v) is 3.48. The van der Waals surface area contributed by atoms with Crippen LogP contribution in [0.3, 0.4) is 0 Å². The number of nitrogens with one attached hydrogen (secondary N) is 1. The minimum absolute atomic E-state index is 0.149. The highest BCUT2D eigenvalue weighted by molar-refractivity contribution is 5.95. The Hall–Kier alpha value is -3.29. The van der Waals surface area contributed by atoms with Crippen LogP contribution < -0.4 is 5.32 Å². The van der Waals surface area contributed by atoms with Crippen LogP contribution in [0.1, 0.15) is 23.2 Å². The van der Waals surface area contributed by atoms with Crippen molar-refractivity contribution in [3.8, 4) is 0 Å². The monoisotopic (exact) mass is 415 g/mol. The van der Waals surface area contributed by atoms with E-state index in [-0.39, 0.29) is 24.3 Å². The summed E-state index contributed by atoms with van der Waals surface area (Å²) < 4.78 is 26.2. The molecule has 0 atom stereocenters. The molecule has 1 aliphatic heterocycles. The largest absolute Gasteiger partial charge is 0.339 e. The molecule has 2 aromatic carbocycles. The van der Waals surface area contributed by atoms with Crippen LogP contribution in [0, 0.1) is 17.6 Å². The lowest BCUT2D eigenvalue weighted by atomic mass is 9.95. The second-order valence-corrected chi connectivity index (χ2v) is 7.33. The number of hydrogen-bond acceptors (Lipinski definition) is 3. The Morgan fingerprint density at radius 1 is 1.03 bits per heavy atom. The summed E-state index contributed by atoms with van der Waals surface area (Å²) in [4.78, 5) is 40.3. The Morgan fingerprint density at radius 2 is 1.70 bits per heavy atom. The maximum Gasteiger partial charge on any atom is 0.253 e. The number of carbonyl (C=O) groups excluding carboxylic acids is 3. The van der Waals surface area contributed by atoms with Gasteiger partial charge in [0.1, 0.15) is 11.6 Å². The molecule has 0 radical (unpaired) electrons. The van der Waals surface area contributed by atoms with Crippen molar-refractivity contribution in [2.45, 2.75) is 12.8 Å². The van der Waals surface area contributed by atoms with Crippen LogP contribution in [0.4, 0.5) is 14.5 Å². The van der Waals surface area contributed by atoms with Gasteiger partial charge in [-0.2, -0.15) is 0 Å². The summed E-state index contributed by atoms with van der Waals surface area (Å²) in [5.74, 6) is -1.92.